The summed E-state index contributed by atoms with van der Waals surface area (Å²) in [6.45, 7) is 2.75. The fourth-order valence-corrected chi connectivity index (χ4v) is 2.24. The Labute approximate surface area is 96.2 Å². The van der Waals surface area contributed by atoms with Crippen LogP contribution in [0.4, 0.5) is 0 Å². The summed E-state index contributed by atoms with van der Waals surface area (Å²) in [6.07, 6.45) is 3.36. The second-order valence-electron chi connectivity index (χ2n) is 4.43. The Hall–Kier alpha value is -0.280. The van der Waals surface area contributed by atoms with E-state index >= 15 is 0 Å². The number of hydrogen-bond acceptors (Lipinski definition) is 2. The summed E-state index contributed by atoms with van der Waals surface area (Å²) < 4.78 is 0. The lowest BCUT2D eigenvalue weighted by Gasteiger charge is -2.18. The first kappa shape index (κ1) is 12.8. The van der Waals surface area contributed by atoms with Gasteiger partial charge >= 0.3 is 0 Å². The zero-order chi connectivity index (χ0) is 11.3. The van der Waals surface area contributed by atoms with Gasteiger partial charge in [-0.2, -0.15) is 0 Å². The van der Waals surface area contributed by atoms with Gasteiger partial charge in [-0.05, 0) is 24.7 Å². The van der Waals surface area contributed by atoms with Crippen LogP contribution in [0, 0.1) is 17.8 Å². The van der Waals surface area contributed by atoms with E-state index in [2.05, 4.69) is 5.32 Å². The third kappa shape index (κ3) is 3.65. The minimum Gasteiger partial charge on any atom is -0.396 e. The summed E-state index contributed by atoms with van der Waals surface area (Å²) >= 11 is 5.60. The number of halogens is 1. The molecule has 0 aromatic carbocycles. The van der Waals surface area contributed by atoms with Crippen LogP contribution in [0.25, 0.3) is 0 Å². The first-order chi connectivity index (χ1) is 7.19. The molecule has 4 heteroatoms. The van der Waals surface area contributed by atoms with Gasteiger partial charge in [0, 0.05) is 24.9 Å². The van der Waals surface area contributed by atoms with Crippen molar-refractivity contribution in [1.82, 2.24) is 5.32 Å². The summed E-state index contributed by atoms with van der Waals surface area (Å²) in [7, 11) is 0. The molecular formula is C11H20ClNO2. The van der Waals surface area contributed by atoms with Crippen molar-refractivity contribution in [2.24, 2.45) is 17.8 Å². The molecule has 0 aliphatic heterocycles. The summed E-state index contributed by atoms with van der Waals surface area (Å²) in [6, 6.07) is 0. The van der Waals surface area contributed by atoms with Crippen LogP contribution in [0.5, 0.6) is 0 Å². The highest BCUT2D eigenvalue weighted by atomic mass is 35.5. The van der Waals surface area contributed by atoms with Crippen LogP contribution in [0.2, 0.25) is 0 Å². The summed E-state index contributed by atoms with van der Waals surface area (Å²) in [4.78, 5) is 11.5. The summed E-state index contributed by atoms with van der Waals surface area (Å²) in [5.74, 6) is 1.08. The average Bonchev–Trinajstić information content (AvgIpc) is 2.71. The fourth-order valence-electron chi connectivity index (χ4n) is 2.10. The monoisotopic (exact) mass is 233 g/mol. The van der Waals surface area contributed by atoms with Gasteiger partial charge in [-0.25, -0.2) is 0 Å². The van der Waals surface area contributed by atoms with Gasteiger partial charge in [0.25, 0.3) is 0 Å². The fraction of sp³-hybridized carbons (Fsp3) is 0.909. The van der Waals surface area contributed by atoms with Crippen LogP contribution in [0.15, 0.2) is 0 Å². The normalized spacial score (nSPS) is 27.7. The zero-order valence-corrected chi connectivity index (χ0v) is 9.96. The van der Waals surface area contributed by atoms with E-state index in [1.54, 1.807) is 0 Å². The standard InChI is InChI=1S/C11H20ClNO2/c1-8(5-12)11(15)13-6-9-3-2-4-10(9)7-14/h8-10,14H,2-7H2,1H3,(H,13,15). The number of alkyl halides is 1. The van der Waals surface area contributed by atoms with Crippen molar-refractivity contribution in [3.63, 3.8) is 0 Å². The number of carbonyl (C=O) groups excluding carboxylic acids is 1. The molecule has 1 aliphatic rings. The molecule has 1 rings (SSSR count). The number of aliphatic hydroxyl groups is 1. The van der Waals surface area contributed by atoms with Gasteiger partial charge in [-0.15, -0.1) is 11.6 Å². The Balaban J connectivity index is 2.27. The molecule has 0 aromatic rings. The van der Waals surface area contributed by atoms with E-state index in [0.717, 1.165) is 19.3 Å². The molecule has 0 heterocycles. The number of nitrogens with one attached hydrogen (secondary N) is 1. The molecule has 0 bridgehead atoms. The number of amides is 1. The average molecular weight is 234 g/mol. The molecule has 1 fully saturated rings. The third-order valence-corrected chi connectivity index (χ3v) is 3.73. The summed E-state index contributed by atoms with van der Waals surface area (Å²) in [5, 5.41) is 12.0. The quantitative estimate of drug-likeness (QED) is 0.705. The van der Waals surface area contributed by atoms with Crippen molar-refractivity contribution in [3.05, 3.63) is 0 Å². The maximum atomic E-state index is 11.5. The van der Waals surface area contributed by atoms with Crippen LogP contribution >= 0.6 is 11.6 Å². The molecule has 1 amide bonds. The zero-order valence-electron chi connectivity index (χ0n) is 9.21. The second kappa shape index (κ2) is 6.33. The lowest BCUT2D eigenvalue weighted by molar-refractivity contribution is -0.124. The molecule has 2 N–H and O–H groups in total. The highest BCUT2D eigenvalue weighted by Crippen LogP contribution is 2.30. The van der Waals surface area contributed by atoms with Gasteiger partial charge < -0.3 is 10.4 Å². The van der Waals surface area contributed by atoms with Crippen LogP contribution < -0.4 is 5.32 Å². The predicted molar refractivity (Wildman–Crippen MR) is 60.8 cm³/mol. The number of carbonyl (C=O) groups is 1. The number of hydrogen-bond donors (Lipinski definition) is 2. The van der Waals surface area contributed by atoms with E-state index in [1.807, 2.05) is 6.92 Å². The Bertz CT molecular complexity index is 211. The van der Waals surface area contributed by atoms with Gasteiger partial charge in [-0.1, -0.05) is 13.3 Å². The van der Waals surface area contributed by atoms with Gasteiger partial charge in [-0.3, -0.25) is 4.79 Å². The molecule has 88 valence electrons. The first-order valence-corrected chi connectivity index (χ1v) is 6.17. The molecular weight excluding hydrogens is 214 g/mol. The highest BCUT2D eigenvalue weighted by molar-refractivity contribution is 6.19. The smallest absolute Gasteiger partial charge is 0.224 e. The second-order valence-corrected chi connectivity index (χ2v) is 4.74. The number of aliphatic hydroxyl groups excluding tert-OH is 1. The van der Waals surface area contributed by atoms with E-state index < -0.39 is 0 Å². The lowest BCUT2D eigenvalue weighted by Crippen LogP contribution is -2.35. The SMILES string of the molecule is CC(CCl)C(=O)NCC1CCCC1CO. The Morgan fingerprint density at radius 3 is 2.80 bits per heavy atom. The topological polar surface area (TPSA) is 49.3 Å². The summed E-state index contributed by atoms with van der Waals surface area (Å²) in [5.41, 5.74) is 0. The van der Waals surface area contributed by atoms with Crippen molar-refractivity contribution in [2.45, 2.75) is 26.2 Å². The predicted octanol–water partition coefficient (Wildman–Crippen LogP) is 1.39. The van der Waals surface area contributed by atoms with E-state index in [4.69, 9.17) is 16.7 Å². The van der Waals surface area contributed by atoms with E-state index in [-0.39, 0.29) is 18.4 Å². The van der Waals surface area contributed by atoms with Crippen molar-refractivity contribution < 1.29 is 9.90 Å². The molecule has 0 saturated heterocycles. The molecule has 3 unspecified atom stereocenters. The molecule has 0 aromatic heterocycles. The van der Waals surface area contributed by atoms with Gasteiger partial charge in [0.2, 0.25) is 5.91 Å². The van der Waals surface area contributed by atoms with Crippen molar-refractivity contribution in [2.75, 3.05) is 19.0 Å². The molecule has 1 saturated carbocycles. The Kier molecular flexibility index (Phi) is 5.40. The molecule has 3 nitrogen and oxygen atoms in total. The van der Waals surface area contributed by atoms with Crippen LogP contribution in [0.3, 0.4) is 0 Å². The molecule has 0 spiro atoms. The Morgan fingerprint density at radius 2 is 2.20 bits per heavy atom. The minimum absolute atomic E-state index is 0.0218. The molecule has 3 atom stereocenters. The molecule has 1 aliphatic carbocycles. The van der Waals surface area contributed by atoms with Crippen LogP contribution in [-0.2, 0) is 4.79 Å². The van der Waals surface area contributed by atoms with E-state index in [0.29, 0.717) is 24.3 Å². The molecule has 0 radical (unpaired) electrons. The van der Waals surface area contributed by atoms with Gasteiger partial charge in [0.15, 0.2) is 0 Å². The highest BCUT2D eigenvalue weighted by Gasteiger charge is 2.27. The van der Waals surface area contributed by atoms with Gasteiger partial charge in [0.05, 0.1) is 0 Å². The van der Waals surface area contributed by atoms with E-state index in [9.17, 15) is 4.79 Å². The van der Waals surface area contributed by atoms with Crippen LogP contribution in [-0.4, -0.2) is 30.0 Å². The minimum atomic E-state index is -0.124. The third-order valence-electron chi connectivity index (χ3n) is 3.27. The largest absolute Gasteiger partial charge is 0.396 e. The maximum absolute atomic E-state index is 11.5. The van der Waals surface area contributed by atoms with Gasteiger partial charge in [0.1, 0.15) is 0 Å². The van der Waals surface area contributed by atoms with Crippen molar-refractivity contribution >= 4 is 17.5 Å². The Morgan fingerprint density at radius 1 is 1.53 bits per heavy atom. The van der Waals surface area contributed by atoms with E-state index in [1.165, 1.54) is 0 Å². The maximum Gasteiger partial charge on any atom is 0.224 e. The molecule has 15 heavy (non-hydrogen) atoms. The lowest BCUT2D eigenvalue weighted by atomic mass is 9.97. The first-order valence-electron chi connectivity index (χ1n) is 5.63. The van der Waals surface area contributed by atoms with Crippen LogP contribution in [0.1, 0.15) is 26.2 Å². The number of rotatable bonds is 5. The van der Waals surface area contributed by atoms with Crippen molar-refractivity contribution in [3.8, 4) is 0 Å². The van der Waals surface area contributed by atoms with Crippen molar-refractivity contribution in [1.29, 1.82) is 0 Å².